The Labute approximate surface area is 113 Å². The van der Waals surface area contributed by atoms with Gasteiger partial charge in [0.25, 0.3) is 0 Å². The largest absolute Gasteiger partial charge is 0.312 e. The van der Waals surface area contributed by atoms with Crippen LogP contribution in [0.5, 0.6) is 0 Å². The summed E-state index contributed by atoms with van der Waals surface area (Å²) in [6.07, 6.45) is 6.38. The fourth-order valence-corrected chi connectivity index (χ4v) is 3.03. The Kier molecular flexibility index (Phi) is 5.55. The van der Waals surface area contributed by atoms with E-state index in [1.807, 2.05) is 6.07 Å². The second-order valence-corrected chi connectivity index (χ2v) is 5.66. The molecule has 0 amide bonds. The lowest BCUT2D eigenvalue weighted by atomic mass is 9.96. The van der Waals surface area contributed by atoms with Crippen LogP contribution in [0.4, 0.5) is 0 Å². The zero-order valence-corrected chi connectivity index (χ0v) is 11.5. The van der Waals surface area contributed by atoms with Crippen LogP contribution in [0.1, 0.15) is 32.1 Å². The van der Waals surface area contributed by atoms with Gasteiger partial charge in [-0.2, -0.15) is 0 Å². The number of amidine groups is 1. The van der Waals surface area contributed by atoms with Gasteiger partial charge in [0, 0.05) is 4.90 Å². The van der Waals surface area contributed by atoms with Gasteiger partial charge in [-0.1, -0.05) is 37.5 Å². The van der Waals surface area contributed by atoms with Crippen molar-refractivity contribution in [2.75, 3.05) is 5.75 Å². The lowest BCUT2D eigenvalue weighted by Gasteiger charge is -2.19. The quantitative estimate of drug-likeness (QED) is 0.289. The molecule has 3 nitrogen and oxygen atoms in total. The first-order valence-electron chi connectivity index (χ1n) is 6.59. The van der Waals surface area contributed by atoms with Crippen molar-refractivity contribution in [3.8, 4) is 0 Å². The summed E-state index contributed by atoms with van der Waals surface area (Å²) < 4.78 is 0. The first kappa shape index (κ1) is 13.4. The van der Waals surface area contributed by atoms with E-state index in [0.717, 1.165) is 11.6 Å². The minimum atomic E-state index is 0.473. The molecule has 1 aromatic rings. The van der Waals surface area contributed by atoms with Crippen LogP contribution in [-0.2, 0) is 0 Å². The fraction of sp³-hybridized carbons (Fsp3) is 0.500. The molecule has 0 aliphatic heterocycles. The molecule has 3 N–H and O–H groups in total. The lowest BCUT2D eigenvalue weighted by molar-refractivity contribution is 0.442. The fourth-order valence-electron chi connectivity index (χ4n) is 2.22. The Hall–Kier alpha value is -1.00. The molecule has 1 aliphatic carbocycles. The number of hydrogen-bond acceptors (Lipinski definition) is 3. The molecule has 0 unspecified atom stereocenters. The Bertz CT molecular complexity index is 372. The topological polar surface area (TPSA) is 50.4 Å². The van der Waals surface area contributed by atoms with Gasteiger partial charge in [0.1, 0.15) is 5.84 Å². The van der Waals surface area contributed by atoms with Crippen LogP contribution < -0.4 is 11.3 Å². The molecular weight excluding hydrogens is 242 g/mol. The number of nitrogens with one attached hydrogen (secondary N) is 1. The number of thioether (sulfide) groups is 1. The number of rotatable bonds is 4. The van der Waals surface area contributed by atoms with Gasteiger partial charge in [0.05, 0.1) is 11.8 Å². The molecule has 1 saturated carbocycles. The minimum absolute atomic E-state index is 0.473. The van der Waals surface area contributed by atoms with Crippen LogP contribution in [0.2, 0.25) is 0 Å². The van der Waals surface area contributed by atoms with Gasteiger partial charge >= 0.3 is 0 Å². The number of aliphatic imine (C=N–C) groups is 1. The second kappa shape index (κ2) is 7.44. The van der Waals surface area contributed by atoms with E-state index < -0.39 is 0 Å². The second-order valence-electron chi connectivity index (χ2n) is 4.61. The molecule has 1 aliphatic rings. The van der Waals surface area contributed by atoms with E-state index in [4.69, 9.17) is 10.8 Å². The monoisotopic (exact) mass is 263 g/mol. The van der Waals surface area contributed by atoms with Gasteiger partial charge in [-0.15, -0.1) is 11.8 Å². The number of hydrogen-bond donors (Lipinski definition) is 2. The summed E-state index contributed by atoms with van der Waals surface area (Å²) in [4.78, 5) is 5.98. The lowest BCUT2D eigenvalue weighted by Crippen LogP contribution is -2.33. The number of hydrazine groups is 1. The third kappa shape index (κ3) is 4.35. The SMILES string of the molecule is NNC(CSc1ccccc1)=NC1CCCCC1. The van der Waals surface area contributed by atoms with E-state index in [2.05, 4.69) is 29.7 Å². The summed E-state index contributed by atoms with van der Waals surface area (Å²) in [6.45, 7) is 0. The highest BCUT2D eigenvalue weighted by atomic mass is 32.2. The number of nitrogens with two attached hydrogens (primary N) is 1. The summed E-state index contributed by atoms with van der Waals surface area (Å²) in [6, 6.07) is 10.8. The molecule has 2 rings (SSSR count). The van der Waals surface area contributed by atoms with Crippen LogP contribution in [0.25, 0.3) is 0 Å². The molecule has 1 aromatic carbocycles. The number of benzene rings is 1. The first-order chi connectivity index (χ1) is 8.88. The molecule has 0 aromatic heterocycles. The summed E-state index contributed by atoms with van der Waals surface area (Å²) in [5.41, 5.74) is 2.75. The van der Waals surface area contributed by atoms with Crippen molar-refractivity contribution < 1.29 is 0 Å². The van der Waals surface area contributed by atoms with Crippen molar-refractivity contribution in [1.29, 1.82) is 0 Å². The van der Waals surface area contributed by atoms with Crippen molar-refractivity contribution in [3.05, 3.63) is 30.3 Å². The van der Waals surface area contributed by atoms with Crippen molar-refractivity contribution in [1.82, 2.24) is 5.43 Å². The highest BCUT2D eigenvalue weighted by Gasteiger charge is 2.12. The normalized spacial score (nSPS) is 17.7. The maximum Gasteiger partial charge on any atom is 0.121 e. The van der Waals surface area contributed by atoms with E-state index in [9.17, 15) is 0 Å². The van der Waals surface area contributed by atoms with Gasteiger partial charge in [0.15, 0.2) is 0 Å². The van der Waals surface area contributed by atoms with Crippen LogP contribution in [-0.4, -0.2) is 17.6 Å². The van der Waals surface area contributed by atoms with Gasteiger partial charge in [0.2, 0.25) is 0 Å². The number of nitrogens with zero attached hydrogens (tertiary/aromatic N) is 1. The molecule has 4 heteroatoms. The standard InChI is InChI=1S/C14H21N3S/c15-17-14(16-12-7-3-1-4-8-12)11-18-13-9-5-2-6-10-13/h2,5-6,9-10,12H,1,3-4,7-8,11,15H2,(H,16,17). The molecule has 0 bridgehead atoms. The molecular formula is C14H21N3S. The average molecular weight is 263 g/mol. The molecule has 98 valence electrons. The van der Waals surface area contributed by atoms with Crippen molar-refractivity contribution in [2.45, 2.75) is 43.0 Å². The van der Waals surface area contributed by atoms with Gasteiger partial charge in [-0.3, -0.25) is 4.99 Å². The molecule has 0 radical (unpaired) electrons. The molecule has 0 saturated heterocycles. The van der Waals surface area contributed by atoms with E-state index in [1.54, 1.807) is 11.8 Å². The van der Waals surface area contributed by atoms with E-state index >= 15 is 0 Å². The summed E-state index contributed by atoms with van der Waals surface area (Å²) in [7, 11) is 0. The van der Waals surface area contributed by atoms with Crippen LogP contribution >= 0.6 is 11.8 Å². The smallest absolute Gasteiger partial charge is 0.121 e. The van der Waals surface area contributed by atoms with Gasteiger partial charge in [-0.25, -0.2) is 5.84 Å². The predicted octanol–water partition coefficient (Wildman–Crippen LogP) is 2.97. The summed E-state index contributed by atoms with van der Waals surface area (Å²) >= 11 is 1.77. The highest BCUT2D eigenvalue weighted by Crippen LogP contribution is 2.21. The van der Waals surface area contributed by atoms with Crippen LogP contribution in [0, 0.1) is 0 Å². The molecule has 0 heterocycles. The predicted molar refractivity (Wildman–Crippen MR) is 78.8 cm³/mol. The zero-order chi connectivity index (χ0) is 12.6. The molecule has 18 heavy (non-hydrogen) atoms. The Morgan fingerprint density at radius 2 is 1.94 bits per heavy atom. The van der Waals surface area contributed by atoms with Gasteiger partial charge in [-0.05, 0) is 25.0 Å². The van der Waals surface area contributed by atoms with Crippen molar-refractivity contribution in [3.63, 3.8) is 0 Å². The Balaban J connectivity index is 1.86. The molecule has 0 atom stereocenters. The summed E-state index contributed by atoms with van der Waals surface area (Å²) in [5.74, 6) is 7.29. The highest BCUT2D eigenvalue weighted by molar-refractivity contribution is 8.00. The van der Waals surface area contributed by atoms with E-state index in [0.29, 0.717) is 6.04 Å². The van der Waals surface area contributed by atoms with Crippen molar-refractivity contribution >= 4 is 17.6 Å². The summed E-state index contributed by atoms with van der Waals surface area (Å²) in [5, 5.41) is 0. The first-order valence-corrected chi connectivity index (χ1v) is 7.58. The maximum absolute atomic E-state index is 5.56. The maximum atomic E-state index is 5.56. The third-order valence-electron chi connectivity index (χ3n) is 3.20. The zero-order valence-electron chi connectivity index (χ0n) is 10.6. The average Bonchev–Trinajstić information content (AvgIpc) is 2.45. The van der Waals surface area contributed by atoms with Crippen LogP contribution in [0.15, 0.2) is 40.2 Å². The Morgan fingerprint density at radius 1 is 1.22 bits per heavy atom. The minimum Gasteiger partial charge on any atom is -0.312 e. The third-order valence-corrected chi connectivity index (χ3v) is 4.22. The van der Waals surface area contributed by atoms with E-state index in [-0.39, 0.29) is 0 Å². The van der Waals surface area contributed by atoms with Crippen LogP contribution in [0.3, 0.4) is 0 Å². The Morgan fingerprint density at radius 3 is 2.61 bits per heavy atom. The van der Waals surface area contributed by atoms with Crippen molar-refractivity contribution in [2.24, 2.45) is 10.8 Å². The molecule has 0 spiro atoms. The molecule has 1 fully saturated rings. The van der Waals surface area contributed by atoms with Gasteiger partial charge < -0.3 is 5.43 Å². The van der Waals surface area contributed by atoms with E-state index in [1.165, 1.54) is 37.0 Å².